The van der Waals surface area contributed by atoms with Crippen molar-refractivity contribution < 1.29 is 0 Å². The van der Waals surface area contributed by atoms with Gasteiger partial charge >= 0.3 is 0 Å². The lowest BCUT2D eigenvalue weighted by Crippen LogP contribution is -2.34. The van der Waals surface area contributed by atoms with Crippen molar-refractivity contribution in [3.63, 3.8) is 0 Å². The zero-order valence-corrected chi connectivity index (χ0v) is 15.4. The van der Waals surface area contributed by atoms with Gasteiger partial charge in [0, 0.05) is 17.3 Å². The van der Waals surface area contributed by atoms with E-state index in [0.717, 1.165) is 42.1 Å². The van der Waals surface area contributed by atoms with Gasteiger partial charge in [0.1, 0.15) is 5.69 Å². The molecule has 1 aliphatic rings. The van der Waals surface area contributed by atoms with Crippen molar-refractivity contribution in [1.29, 1.82) is 0 Å². The minimum Gasteiger partial charge on any atom is -0.276 e. The number of benzene rings is 1. The third-order valence-electron chi connectivity index (χ3n) is 5.53. The number of nitrogens with one attached hydrogen (secondary N) is 1. The summed E-state index contributed by atoms with van der Waals surface area (Å²) in [6, 6.07) is 13.4. The number of nitrogens with zero attached hydrogens (tertiary/aromatic N) is 3. The van der Waals surface area contributed by atoms with E-state index in [4.69, 9.17) is 11.6 Å². The van der Waals surface area contributed by atoms with E-state index in [1.807, 2.05) is 18.2 Å². The van der Waals surface area contributed by atoms with Crippen LogP contribution in [-0.2, 0) is 5.41 Å². The fourth-order valence-corrected chi connectivity index (χ4v) is 4.06. The van der Waals surface area contributed by atoms with Crippen LogP contribution >= 0.6 is 11.6 Å². The van der Waals surface area contributed by atoms with Crippen LogP contribution in [0.4, 0.5) is 0 Å². The average molecular weight is 369 g/mol. The lowest BCUT2D eigenvalue weighted by molar-refractivity contribution is 0.232. The predicted octanol–water partition coefficient (Wildman–Crippen LogP) is 4.36. The highest BCUT2D eigenvalue weighted by atomic mass is 35.5. The molecule has 26 heavy (non-hydrogen) atoms. The summed E-state index contributed by atoms with van der Waals surface area (Å²) >= 11 is 6.17. The van der Waals surface area contributed by atoms with E-state index in [1.165, 1.54) is 5.56 Å². The highest BCUT2D eigenvalue weighted by Gasteiger charge is 2.34. The van der Waals surface area contributed by atoms with Crippen LogP contribution in [0.25, 0.3) is 11.4 Å². The number of hydrogen-bond acceptors (Lipinski definition) is 3. The number of halogens is 1. The molecule has 0 unspecified atom stereocenters. The van der Waals surface area contributed by atoms with Gasteiger partial charge in [0.15, 0.2) is 0 Å². The minimum absolute atomic E-state index is 0.0513. The first kappa shape index (κ1) is 17.0. The van der Waals surface area contributed by atoms with Crippen molar-refractivity contribution in [2.75, 3.05) is 0 Å². The Kier molecular flexibility index (Phi) is 4.41. The smallest absolute Gasteiger partial charge is 0.267 e. The van der Waals surface area contributed by atoms with Crippen LogP contribution in [0, 0.1) is 0 Å². The molecule has 1 aromatic carbocycles. The minimum atomic E-state index is -0.0513. The molecular formula is C20H21ClN4O. The molecule has 5 nitrogen and oxygen atoms in total. The maximum absolute atomic E-state index is 12.4. The molecule has 0 spiro atoms. The van der Waals surface area contributed by atoms with Crippen molar-refractivity contribution in [3.05, 3.63) is 69.6 Å². The molecular weight excluding hydrogens is 348 g/mol. The highest BCUT2D eigenvalue weighted by molar-refractivity contribution is 6.30. The fraction of sp³-hybridized carbons (Fsp3) is 0.350. The van der Waals surface area contributed by atoms with Gasteiger partial charge in [0.2, 0.25) is 0 Å². The fourth-order valence-electron chi connectivity index (χ4n) is 3.87. The molecule has 0 saturated heterocycles. The molecule has 4 rings (SSSR count). The van der Waals surface area contributed by atoms with Crippen LogP contribution in [0.1, 0.15) is 44.2 Å². The summed E-state index contributed by atoms with van der Waals surface area (Å²) in [5.74, 6) is 0. The van der Waals surface area contributed by atoms with Crippen LogP contribution in [0.15, 0.2) is 53.5 Å². The Morgan fingerprint density at radius 2 is 2.00 bits per heavy atom. The second kappa shape index (κ2) is 6.72. The molecule has 2 aromatic heterocycles. The van der Waals surface area contributed by atoms with Gasteiger partial charge in [-0.3, -0.25) is 9.89 Å². The summed E-state index contributed by atoms with van der Waals surface area (Å²) in [5.41, 5.74) is 2.87. The van der Waals surface area contributed by atoms with Crippen molar-refractivity contribution in [1.82, 2.24) is 20.0 Å². The molecule has 1 saturated carbocycles. The Hall–Kier alpha value is -2.40. The van der Waals surface area contributed by atoms with E-state index < -0.39 is 0 Å². The number of hydrogen-bond donors (Lipinski definition) is 1. The summed E-state index contributed by atoms with van der Waals surface area (Å²) < 4.78 is 1.65. The summed E-state index contributed by atoms with van der Waals surface area (Å²) in [6.45, 7) is 2.28. The average Bonchev–Trinajstić information content (AvgIpc) is 3.18. The molecule has 1 N–H and O–H groups in total. The molecule has 1 aliphatic carbocycles. The van der Waals surface area contributed by atoms with Gasteiger partial charge in [-0.2, -0.15) is 10.2 Å². The third-order valence-corrected chi connectivity index (χ3v) is 5.76. The zero-order valence-electron chi connectivity index (χ0n) is 14.7. The largest absolute Gasteiger partial charge is 0.276 e. The van der Waals surface area contributed by atoms with Gasteiger partial charge in [-0.25, -0.2) is 4.68 Å². The standard InChI is InChI=1S/C20H21ClN4O/c1-20(14-3-2-4-15(21)13-14)10-7-16(8-11-20)25-19(26)6-5-18(24-25)17-9-12-22-23-17/h2-6,9,12-13,16H,7-8,10-11H2,1H3,(H,22,23). The Morgan fingerprint density at radius 3 is 2.69 bits per heavy atom. The topological polar surface area (TPSA) is 63.6 Å². The van der Waals surface area contributed by atoms with E-state index in [1.54, 1.807) is 23.0 Å². The monoisotopic (exact) mass is 368 g/mol. The SMILES string of the molecule is CC1(c2cccc(Cl)c2)CCC(n2nc(-c3ccn[nH]3)ccc2=O)CC1. The molecule has 6 heteroatoms. The Balaban J connectivity index is 1.57. The Bertz CT molecular complexity index is 956. The van der Waals surface area contributed by atoms with Gasteiger partial charge in [-0.15, -0.1) is 0 Å². The van der Waals surface area contributed by atoms with Gasteiger partial charge in [0.25, 0.3) is 5.56 Å². The van der Waals surface area contributed by atoms with Crippen LogP contribution in [0.3, 0.4) is 0 Å². The number of aromatic amines is 1. The molecule has 134 valence electrons. The quantitative estimate of drug-likeness (QED) is 0.747. The van der Waals surface area contributed by atoms with Gasteiger partial charge < -0.3 is 0 Å². The zero-order chi connectivity index (χ0) is 18.1. The van der Waals surface area contributed by atoms with Crippen LogP contribution in [0.2, 0.25) is 5.02 Å². The van der Waals surface area contributed by atoms with Crippen molar-refractivity contribution in [2.24, 2.45) is 0 Å². The van der Waals surface area contributed by atoms with Crippen LogP contribution < -0.4 is 5.56 Å². The predicted molar refractivity (Wildman–Crippen MR) is 102 cm³/mol. The molecule has 3 aromatic rings. The second-order valence-electron chi connectivity index (χ2n) is 7.27. The van der Waals surface area contributed by atoms with E-state index >= 15 is 0 Å². The molecule has 0 amide bonds. The van der Waals surface area contributed by atoms with Gasteiger partial charge in [-0.05, 0) is 60.9 Å². The maximum Gasteiger partial charge on any atom is 0.267 e. The van der Waals surface area contributed by atoms with Crippen molar-refractivity contribution in [3.8, 4) is 11.4 Å². The van der Waals surface area contributed by atoms with Crippen LogP contribution in [-0.4, -0.2) is 20.0 Å². The Morgan fingerprint density at radius 1 is 1.19 bits per heavy atom. The van der Waals surface area contributed by atoms with E-state index in [0.29, 0.717) is 0 Å². The van der Waals surface area contributed by atoms with Crippen molar-refractivity contribution >= 4 is 11.6 Å². The van der Waals surface area contributed by atoms with E-state index in [-0.39, 0.29) is 17.0 Å². The lowest BCUT2D eigenvalue weighted by atomic mass is 9.69. The lowest BCUT2D eigenvalue weighted by Gasteiger charge is -2.38. The summed E-state index contributed by atoms with van der Waals surface area (Å²) in [5, 5.41) is 12.2. The summed E-state index contributed by atoms with van der Waals surface area (Å²) in [6.07, 6.45) is 5.52. The number of H-pyrrole nitrogens is 1. The summed E-state index contributed by atoms with van der Waals surface area (Å²) in [4.78, 5) is 12.4. The van der Waals surface area contributed by atoms with E-state index in [9.17, 15) is 4.79 Å². The van der Waals surface area contributed by atoms with Gasteiger partial charge in [-0.1, -0.05) is 30.7 Å². The normalized spacial score (nSPS) is 23.1. The third kappa shape index (κ3) is 3.19. The molecule has 2 heterocycles. The van der Waals surface area contributed by atoms with E-state index in [2.05, 4.69) is 34.4 Å². The highest BCUT2D eigenvalue weighted by Crippen LogP contribution is 2.42. The Labute approximate surface area is 157 Å². The number of aromatic nitrogens is 4. The number of rotatable bonds is 3. The first-order valence-electron chi connectivity index (χ1n) is 8.91. The molecule has 0 bridgehead atoms. The first-order valence-corrected chi connectivity index (χ1v) is 9.29. The maximum atomic E-state index is 12.4. The molecule has 0 atom stereocenters. The summed E-state index contributed by atoms with van der Waals surface area (Å²) in [7, 11) is 0. The molecule has 0 aliphatic heterocycles. The van der Waals surface area contributed by atoms with Gasteiger partial charge in [0.05, 0.1) is 11.7 Å². The second-order valence-corrected chi connectivity index (χ2v) is 7.71. The molecule has 0 radical (unpaired) electrons. The van der Waals surface area contributed by atoms with Crippen molar-refractivity contribution in [2.45, 2.75) is 44.1 Å². The first-order chi connectivity index (χ1) is 12.5. The molecule has 1 fully saturated rings. The van der Waals surface area contributed by atoms with Crippen LogP contribution in [0.5, 0.6) is 0 Å².